The highest BCUT2D eigenvalue weighted by Crippen LogP contribution is 2.16. The zero-order valence-electron chi connectivity index (χ0n) is 9.78. The Balaban J connectivity index is 1.84. The number of nitrogens with two attached hydrogens (primary N) is 1. The van der Waals surface area contributed by atoms with E-state index in [2.05, 4.69) is 37.3 Å². The van der Waals surface area contributed by atoms with Gasteiger partial charge in [0.1, 0.15) is 5.76 Å². The predicted molar refractivity (Wildman–Crippen MR) is 66.1 cm³/mol. The molecule has 1 heterocycles. The van der Waals surface area contributed by atoms with Crippen LogP contribution in [0.2, 0.25) is 0 Å². The lowest BCUT2D eigenvalue weighted by atomic mass is 10.0. The van der Waals surface area contributed by atoms with Crippen molar-refractivity contribution in [2.75, 3.05) is 6.61 Å². The molecule has 0 fully saturated rings. The van der Waals surface area contributed by atoms with Crippen molar-refractivity contribution in [1.29, 1.82) is 0 Å². The summed E-state index contributed by atoms with van der Waals surface area (Å²) in [5.41, 5.74) is 8.71. The number of hydrogen-bond acceptors (Lipinski definition) is 2. The Morgan fingerprint density at radius 2 is 2.06 bits per heavy atom. The molecule has 2 nitrogen and oxygen atoms in total. The van der Waals surface area contributed by atoms with Crippen molar-refractivity contribution >= 4 is 0 Å². The van der Waals surface area contributed by atoms with Crippen molar-refractivity contribution in [3.05, 3.63) is 47.2 Å². The first-order valence-corrected chi connectivity index (χ1v) is 5.89. The molecule has 0 radical (unpaired) electrons. The van der Waals surface area contributed by atoms with Gasteiger partial charge in [0, 0.05) is 6.42 Å². The normalized spacial score (nSPS) is 16.8. The van der Waals surface area contributed by atoms with Crippen molar-refractivity contribution in [3.63, 3.8) is 0 Å². The van der Waals surface area contributed by atoms with Crippen molar-refractivity contribution < 1.29 is 4.74 Å². The van der Waals surface area contributed by atoms with E-state index in [1.807, 2.05) is 0 Å². The van der Waals surface area contributed by atoms with Gasteiger partial charge in [-0.15, -0.1) is 0 Å². The largest absolute Gasteiger partial charge is 0.496 e. The van der Waals surface area contributed by atoms with Crippen LogP contribution < -0.4 is 5.73 Å². The minimum atomic E-state index is 0.0591. The Morgan fingerprint density at radius 3 is 2.69 bits per heavy atom. The second kappa shape index (κ2) is 5.17. The van der Waals surface area contributed by atoms with Crippen LogP contribution in [0.1, 0.15) is 24.0 Å². The molecular formula is C14H19NO. The maximum Gasteiger partial charge on any atom is 0.109 e. The molecule has 1 aromatic carbocycles. The molecule has 1 unspecified atom stereocenters. The summed E-state index contributed by atoms with van der Waals surface area (Å²) in [5, 5.41) is 0. The minimum Gasteiger partial charge on any atom is -0.496 e. The van der Waals surface area contributed by atoms with Crippen LogP contribution in [0.25, 0.3) is 0 Å². The van der Waals surface area contributed by atoms with Gasteiger partial charge in [0.25, 0.3) is 0 Å². The summed E-state index contributed by atoms with van der Waals surface area (Å²) in [6.45, 7) is 2.90. The van der Waals surface area contributed by atoms with Gasteiger partial charge in [0.2, 0.25) is 0 Å². The summed E-state index contributed by atoms with van der Waals surface area (Å²) in [4.78, 5) is 0. The molecule has 2 rings (SSSR count). The van der Waals surface area contributed by atoms with E-state index in [4.69, 9.17) is 10.5 Å². The molecule has 1 atom stereocenters. The molecule has 0 saturated carbocycles. The molecular weight excluding hydrogens is 198 g/mol. The summed E-state index contributed by atoms with van der Waals surface area (Å²) < 4.78 is 5.46. The number of benzene rings is 1. The monoisotopic (exact) mass is 217 g/mol. The van der Waals surface area contributed by atoms with Crippen molar-refractivity contribution in [1.82, 2.24) is 0 Å². The van der Waals surface area contributed by atoms with Crippen LogP contribution in [0.4, 0.5) is 0 Å². The lowest BCUT2D eigenvalue weighted by Crippen LogP contribution is -2.23. The highest BCUT2D eigenvalue weighted by atomic mass is 16.5. The van der Waals surface area contributed by atoms with Crippen LogP contribution in [0.3, 0.4) is 0 Å². The van der Waals surface area contributed by atoms with Gasteiger partial charge < -0.3 is 10.5 Å². The molecule has 86 valence electrons. The fourth-order valence-electron chi connectivity index (χ4n) is 1.91. The van der Waals surface area contributed by atoms with E-state index in [1.165, 1.54) is 11.1 Å². The Bertz CT molecular complexity index is 367. The van der Waals surface area contributed by atoms with Crippen LogP contribution in [0.5, 0.6) is 0 Å². The average molecular weight is 217 g/mol. The molecule has 0 aromatic heterocycles. The molecule has 0 saturated heterocycles. The second-order valence-corrected chi connectivity index (χ2v) is 4.37. The number of aryl methyl sites for hydroxylation is 2. The summed E-state index contributed by atoms with van der Waals surface area (Å²) in [6.07, 6.45) is 5.09. The zero-order valence-corrected chi connectivity index (χ0v) is 9.78. The van der Waals surface area contributed by atoms with Crippen LogP contribution in [0, 0.1) is 6.92 Å². The SMILES string of the molecule is Cc1ccc(CCC(N)C2=CCCO2)cc1. The quantitative estimate of drug-likeness (QED) is 0.841. The summed E-state index contributed by atoms with van der Waals surface area (Å²) >= 11 is 0. The average Bonchev–Trinajstić information content (AvgIpc) is 2.81. The third-order valence-electron chi connectivity index (χ3n) is 2.96. The second-order valence-electron chi connectivity index (χ2n) is 4.37. The van der Waals surface area contributed by atoms with E-state index in [-0.39, 0.29) is 6.04 Å². The van der Waals surface area contributed by atoms with Crippen molar-refractivity contribution in [3.8, 4) is 0 Å². The third kappa shape index (κ3) is 2.86. The van der Waals surface area contributed by atoms with Crippen LogP contribution in [-0.4, -0.2) is 12.6 Å². The Kier molecular flexibility index (Phi) is 3.62. The topological polar surface area (TPSA) is 35.2 Å². The first-order valence-electron chi connectivity index (χ1n) is 5.89. The van der Waals surface area contributed by atoms with Gasteiger partial charge in [0.05, 0.1) is 12.6 Å². The van der Waals surface area contributed by atoms with E-state index in [0.717, 1.165) is 31.6 Å². The number of hydrogen-bond donors (Lipinski definition) is 1. The van der Waals surface area contributed by atoms with Gasteiger partial charge in [-0.1, -0.05) is 29.8 Å². The first-order chi connectivity index (χ1) is 7.75. The molecule has 0 amide bonds. The molecule has 0 bridgehead atoms. The number of ether oxygens (including phenoxy) is 1. The lowest BCUT2D eigenvalue weighted by Gasteiger charge is -2.13. The molecule has 2 N–H and O–H groups in total. The molecule has 0 aliphatic carbocycles. The third-order valence-corrected chi connectivity index (χ3v) is 2.96. The van der Waals surface area contributed by atoms with E-state index in [9.17, 15) is 0 Å². The Hall–Kier alpha value is -1.28. The van der Waals surface area contributed by atoms with E-state index >= 15 is 0 Å². The van der Waals surface area contributed by atoms with Gasteiger partial charge in [-0.25, -0.2) is 0 Å². The van der Waals surface area contributed by atoms with Crippen LogP contribution in [0.15, 0.2) is 36.1 Å². The molecule has 2 heteroatoms. The van der Waals surface area contributed by atoms with Gasteiger partial charge >= 0.3 is 0 Å². The van der Waals surface area contributed by atoms with Crippen LogP contribution in [-0.2, 0) is 11.2 Å². The summed E-state index contributed by atoms with van der Waals surface area (Å²) in [6, 6.07) is 8.69. The highest BCUT2D eigenvalue weighted by molar-refractivity contribution is 5.21. The van der Waals surface area contributed by atoms with Gasteiger partial charge in [0.15, 0.2) is 0 Å². The maximum absolute atomic E-state index is 6.06. The van der Waals surface area contributed by atoms with Crippen molar-refractivity contribution in [2.24, 2.45) is 5.73 Å². The van der Waals surface area contributed by atoms with Gasteiger partial charge in [-0.2, -0.15) is 0 Å². The zero-order chi connectivity index (χ0) is 11.4. The fraction of sp³-hybridized carbons (Fsp3) is 0.429. The van der Waals surface area contributed by atoms with Crippen molar-refractivity contribution in [2.45, 2.75) is 32.2 Å². The fourth-order valence-corrected chi connectivity index (χ4v) is 1.91. The molecule has 0 spiro atoms. The standard InChI is InChI=1S/C14H19NO/c1-11-4-6-12(7-5-11)8-9-13(15)14-3-2-10-16-14/h3-7,13H,2,8-10,15H2,1H3. The number of rotatable bonds is 4. The van der Waals surface area contributed by atoms with E-state index < -0.39 is 0 Å². The first kappa shape index (κ1) is 11.2. The molecule has 1 aromatic rings. The van der Waals surface area contributed by atoms with E-state index in [1.54, 1.807) is 0 Å². The minimum absolute atomic E-state index is 0.0591. The van der Waals surface area contributed by atoms with Crippen LogP contribution >= 0.6 is 0 Å². The Morgan fingerprint density at radius 1 is 1.31 bits per heavy atom. The summed E-state index contributed by atoms with van der Waals surface area (Å²) in [7, 11) is 0. The maximum atomic E-state index is 6.06. The highest BCUT2D eigenvalue weighted by Gasteiger charge is 2.14. The molecule has 1 aliphatic rings. The summed E-state index contributed by atoms with van der Waals surface area (Å²) in [5.74, 6) is 0.979. The molecule has 1 aliphatic heterocycles. The van der Waals surface area contributed by atoms with Gasteiger partial charge in [-0.05, 0) is 31.4 Å². The smallest absolute Gasteiger partial charge is 0.109 e. The molecule has 16 heavy (non-hydrogen) atoms. The predicted octanol–water partition coefficient (Wildman–Crippen LogP) is 2.56. The van der Waals surface area contributed by atoms with E-state index in [0.29, 0.717) is 0 Å². The lowest BCUT2D eigenvalue weighted by molar-refractivity contribution is 0.222. The van der Waals surface area contributed by atoms with Gasteiger partial charge in [-0.3, -0.25) is 0 Å². The Labute approximate surface area is 97.1 Å².